The number of aliphatic hydroxyl groups is 1. The quantitative estimate of drug-likeness (QED) is 0.00964. The van der Waals surface area contributed by atoms with Gasteiger partial charge in [-0.15, -0.1) is 0 Å². The molecule has 448 valence electrons. The SMILES string of the molecule is COc1c(OCC(=O)N[C@@H](CCCNC(=N)N)C(=O)NCCCNCCCN(C)C)cc2oc3cc(OCC(=O)N[C@@H](CCCNC(=N)N)C(O)NCCCNCCCN(C)C)c(CC=C(C)C)c(O)c3c(=O)c2c1CC=C(C)C. The zero-order valence-electron chi connectivity index (χ0n) is 48.8. The van der Waals surface area contributed by atoms with E-state index in [1.807, 2.05) is 68.0 Å². The molecule has 0 radical (unpaired) electrons. The third kappa shape index (κ3) is 24.8. The summed E-state index contributed by atoms with van der Waals surface area (Å²) in [4.78, 5) is 59.9. The van der Waals surface area contributed by atoms with E-state index in [1.165, 1.54) is 19.2 Å². The number of carbonyl (C=O) groups excluding carboxylic acids is 3. The fourth-order valence-corrected chi connectivity index (χ4v) is 8.53. The van der Waals surface area contributed by atoms with Crippen molar-refractivity contribution < 1.29 is 43.2 Å². The average molecular weight is 1120 g/mol. The summed E-state index contributed by atoms with van der Waals surface area (Å²) in [5.41, 5.74) is 12.8. The van der Waals surface area contributed by atoms with Gasteiger partial charge >= 0.3 is 0 Å². The Morgan fingerprint density at radius 1 is 0.675 bits per heavy atom. The zero-order chi connectivity index (χ0) is 59.1. The Hall–Kier alpha value is -6.70. The Balaban J connectivity index is 1.96. The lowest BCUT2D eigenvalue weighted by Crippen LogP contribution is -2.51. The number of nitrogens with zero attached hydrogens (tertiary/aromatic N) is 2. The maximum atomic E-state index is 14.9. The van der Waals surface area contributed by atoms with Gasteiger partial charge in [0.15, 0.2) is 36.6 Å². The van der Waals surface area contributed by atoms with E-state index in [0.29, 0.717) is 64.0 Å². The number of nitrogens with two attached hydrogens (primary N) is 2. The smallest absolute Gasteiger partial charge is 0.258 e. The van der Waals surface area contributed by atoms with E-state index in [2.05, 4.69) is 52.3 Å². The van der Waals surface area contributed by atoms with Crippen LogP contribution in [0, 0.1) is 10.8 Å². The van der Waals surface area contributed by atoms with Gasteiger partial charge in [-0.05, 0) is 166 Å². The van der Waals surface area contributed by atoms with E-state index in [4.69, 9.17) is 40.9 Å². The number of aliphatic hydroxyl groups excluding tert-OH is 1. The third-order valence-corrected chi connectivity index (χ3v) is 12.7. The van der Waals surface area contributed by atoms with Crippen LogP contribution in [0.15, 0.2) is 44.6 Å². The molecule has 0 bridgehead atoms. The van der Waals surface area contributed by atoms with Crippen molar-refractivity contribution in [2.75, 3.05) is 114 Å². The maximum Gasteiger partial charge on any atom is 0.258 e. The molecule has 1 aromatic heterocycles. The van der Waals surface area contributed by atoms with Gasteiger partial charge in [-0.2, -0.15) is 0 Å². The van der Waals surface area contributed by atoms with Crippen LogP contribution in [-0.4, -0.2) is 182 Å². The highest BCUT2D eigenvalue weighted by Gasteiger charge is 2.27. The van der Waals surface area contributed by atoms with Gasteiger partial charge in [0.1, 0.15) is 40.3 Å². The molecule has 0 spiro atoms. The van der Waals surface area contributed by atoms with Crippen LogP contribution < -0.4 is 73.6 Å². The van der Waals surface area contributed by atoms with Gasteiger partial charge in [-0.25, -0.2) is 0 Å². The number of rotatable bonds is 40. The summed E-state index contributed by atoms with van der Waals surface area (Å²) in [5, 5.41) is 62.1. The molecular weight excluding hydrogens is 1030 g/mol. The number of ether oxygens (including phenoxy) is 3. The number of fused-ring (bicyclic) bond motifs is 2. The first-order valence-corrected chi connectivity index (χ1v) is 27.6. The Kier molecular flexibility index (Phi) is 30.9. The van der Waals surface area contributed by atoms with Gasteiger partial charge in [-0.1, -0.05) is 23.3 Å². The molecule has 16 N–H and O–H groups in total. The minimum absolute atomic E-state index is 0.0436. The highest BCUT2D eigenvalue weighted by Crippen LogP contribution is 2.42. The van der Waals surface area contributed by atoms with Crippen LogP contribution in [0.5, 0.6) is 23.0 Å². The predicted molar refractivity (Wildman–Crippen MR) is 316 cm³/mol. The first-order valence-electron chi connectivity index (χ1n) is 27.6. The Morgan fingerprint density at radius 3 is 1.74 bits per heavy atom. The first-order chi connectivity index (χ1) is 38.1. The third-order valence-electron chi connectivity index (χ3n) is 12.7. The number of nitrogens with one attached hydrogen (secondary N) is 10. The van der Waals surface area contributed by atoms with Crippen molar-refractivity contribution in [1.29, 1.82) is 10.8 Å². The fourth-order valence-electron chi connectivity index (χ4n) is 8.53. The normalized spacial score (nSPS) is 12.4. The second kappa shape index (κ2) is 36.5. The molecule has 3 atom stereocenters. The van der Waals surface area contributed by atoms with Gasteiger partial charge in [0.05, 0.1) is 18.5 Å². The number of aromatic hydroxyl groups is 1. The average Bonchev–Trinajstić information content (AvgIpc) is 3.46. The lowest BCUT2D eigenvalue weighted by Gasteiger charge is -2.25. The van der Waals surface area contributed by atoms with Crippen LogP contribution in [-0.2, 0) is 27.2 Å². The van der Waals surface area contributed by atoms with Gasteiger partial charge in [-0.3, -0.25) is 35.3 Å². The summed E-state index contributed by atoms with van der Waals surface area (Å²) in [6.07, 6.45) is 7.80. The number of phenolic OH excluding ortho intramolecular Hbond substituents is 1. The number of hydrogen-bond donors (Lipinski definition) is 14. The summed E-state index contributed by atoms with van der Waals surface area (Å²) in [5.74, 6) is -2.08. The Morgan fingerprint density at radius 2 is 1.18 bits per heavy atom. The summed E-state index contributed by atoms with van der Waals surface area (Å²) < 4.78 is 24.6. The molecule has 3 amide bonds. The molecule has 0 aliphatic carbocycles. The fraction of sp³-hybridized carbons (Fsp3) is 0.607. The first kappa shape index (κ1) is 67.6. The van der Waals surface area contributed by atoms with E-state index in [1.54, 1.807) is 0 Å². The maximum absolute atomic E-state index is 14.9. The number of benzene rings is 2. The summed E-state index contributed by atoms with van der Waals surface area (Å²) in [6, 6.07) is 1.19. The molecule has 0 fully saturated rings. The lowest BCUT2D eigenvalue weighted by molar-refractivity contribution is -0.130. The molecule has 0 aliphatic rings. The van der Waals surface area contributed by atoms with E-state index in [-0.39, 0.29) is 81.8 Å². The molecule has 24 heteroatoms. The van der Waals surface area contributed by atoms with E-state index >= 15 is 0 Å². The van der Waals surface area contributed by atoms with Crippen molar-refractivity contribution in [1.82, 2.24) is 52.3 Å². The van der Waals surface area contributed by atoms with Gasteiger partial charge in [0.2, 0.25) is 11.3 Å². The summed E-state index contributed by atoms with van der Waals surface area (Å²) in [6.45, 7) is 13.1. The molecular formula is C56H94N14O10. The summed E-state index contributed by atoms with van der Waals surface area (Å²) in [7, 11) is 9.52. The monoisotopic (exact) mass is 1120 g/mol. The van der Waals surface area contributed by atoms with E-state index in [9.17, 15) is 29.4 Å². The standard InChI is InChI=1S/C56H94N14O10/c1-36(2)18-20-38-42(78-34-46(71)67-40(16-10-26-65-55(57)58)53(75)63-28-12-22-61-24-14-30-69(5)6)32-44-49(50(38)73)51(74)48-39(21-19-37(3)4)52(77-9)45(33-43(48)80-44)79-35-47(72)68-41(17-11-27-66-56(59)60)54(76)64-29-13-23-62-25-15-31-70(7)8/h18-19,32-33,40-41,53,61-63,73,75H,10-17,20-31,34-35H2,1-9H3,(H,64,76)(H,67,71)(H,68,72)(H4,57,58,65)(H4,59,60,66)/t40-,41-,53?/m0/s1. The zero-order valence-corrected chi connectivity index (χ0v) is 48.8. The van der Waals surface area contributed by atoms with Crippen LogP contribution in [0.2, 0.25) is 0 Å². The minimum Gasteiger partial charge on any atom is -0.507 e. The molecule has 1 heterocycles. The number of allylic oxidation sites excluding steroid dienone is 4. The van der Waals surface area contributed by atoms with Crippen molar-refractivity contribution in [3.63, 3.8) is 0 Å². The molecule has 0 saturated heterocycles. The van der Waals surface area contributed by atoms with Crippen molar-refractivity contribution in [3.05, 3.63) is 56.8 Å². The molecule has 24 nitrogen and oxygen atoms in total. The predicted octanol–water partition coefficient (Wildman–Crippen LogP) is 1.82. The van der Waals surface area contributed by atoms with Crippen LogP contribution in [0.4, 0.5) is 0 Å². The lowest BCUT2D eigenvalue weighted by atomic mass is 9.98. The number of methoxy groups -OCH3 is 1. The van der Waals surface area contributed by atoms with E-state index in [0.717, 1.165) is 63.1 Å². The second-order valence-corrected chi connectivity index (χ2v) is 20.8. The minimum atomic E-state index is -1.12. The van der Waals surface area contributed by atoms with Gasteiger partial charge in [0.25, 0.3) is 11.8 Å². The van der Waals surface area contributed by atoms with E-state index < -0.39 is 54.5 Å². The molecule has 0 saturated carbocycles. The number of guanidine groups is 2. The number of hydrogen-bond acceptors (Lipinski definition) is 17. The van der Waals surface area contributed by atoms with Crippen LogP contribution >= 0.6 is 0 Å². The van der Waals surface area contributed by atoms with Crippen molar-refractivity contribution in [2.45, 2.75) is 110 Å². The largest absolute Gasteiger partial charge is 0.507 e. The van der Waals surface area contributed by atoms with Crippen LogP contribution in [0.25, 0.3) is 21.9 Å². The van der Waals surface area contributed by atoms with Gasteiger partial charge in [0, 0.05) is 42.9 Å². The van der Waals surface area contributed by atoms with Crippen LogP contribution in [0.3, 0.4) is 0 Å². The Bertz CT molecular complexity index is 2580. The second-order valence-electron chi connectivity index (χ2n) is 20.8. The molecule has 80 heavy (non-hydrogen) atoms. The number of carbonyl (C=O) groups is 3. The molecule has 0 aliphatic heterocycles. The molecule has 3 rings (SSSR count). The highest BCUT2D eigenvalue weighted by atomic mass is 16.5. The van der Waals surface area contributed by atoms with Crippen molar-refractivity contribution >= 4 is 51.6 Å². The molecule has 3 aromatic rings. The molecule has 1 unspecified atom stereocenters. The Labute approximate surface area is 471 Å². The number of amides is 3. The van der Waals surface area contributed by atoms with Crippen molar-refractivity contribution in [2.24, 2.45) is 11.5 Å². The van der Waals surface area contributed by atoms with Crippen molar-refractivity contribution in [3.8, 4) is 23.0 Å². The van der Waals surface area contributed by atoms with Crippen LogP contribution in [0.1, 0.15) is 90.2 Å². The topological polar surface area (TPSA) is 352 Å². The highest BCUT2D eigenvalue weighted by molar-refractivity contribution is 5.98. The molecule has 2 aromatic carbocycles. The number of phenols is 1. The summed E-state index contributed by atoms with van der Waals surface area (Å²) >= 11 is 0. The van der Waals surface area contributed by atoms with Gasteiger partial charge < -0.3 is 87.3 Å².